The maximum Gasteiger partial charge on any atom is 0.322 e. The van der Waals surface area contributed by atoms with Gasteiger partial charge in [-0.1, -0.05) is 0 Å². The molecule has 0 saturated carbocycles. The van der Waals surface area contributed by atoms with E-state index in [-0.39, 0.29) is 6.42 Å². The van der Waals surface area contributed by atoms with Crippen molar-refractivity contribution in [2.45, 2.75) is 18.2 Å². The molecule has 0 rings (SSSR count). The summed E-state index contributed by atoms with van der Waals surface area (Å²) in [6, 6.07) is 0. The molecule has 0 heterocycles. The molecule has 54 valence electrons. The van der Waals surface area contributed by atoms with Gasteiger partial charge in [0.25, 0.3) is 0 Å². The third kappa shape index (κ3) is 8.17. The van der Waals surface area contributed by atoms with Gasteiger partial charge in [-0.2, -0.15) is 8.78 Å². The molecule has 0 bridgehead atoms. The predicted molar refractivity (Wildman–Crippen MR) is 34.0 cm³/mol. The summed E-state index contributed by atoms with van der Waals surface area (Å²) in [4.78, 5) is 9.96. The summed E-state index contributed by atoms with van der Waals surface area (Å²) in [6.07, 6.45) is -0.934. The van der Waals surface area contributed by atoms with Gasteiger partial charge in [-0.25, -0.2) is 0 Å². The molecule has 0 radical (unpaired) electrons. The van der Waals surface area contributed by atoms with Gasteiger partial charge in [0.2, 0.25) is 0 Å². The molecule has 0 amide bonds. The SMILES string of the molecule is O=C(S)CCC(F)(F)Cl. The van der Waals surface area contributed by atoms with Gasteiger partial charge in [-0.05, 0) is 11.6 Å². The fourth-order valence-corrected chi connectivity index (χ4v) is 0.455. The molecule has 0 spiro atoms. The van der Waals surface area contributed by atoms with Gasteiger partial charge < -0.3 is 0 Å². The molecule has 9 heavy (non-hydrogen) atoms. The van der Waals surface area contributed by atoms with E-state index in [4.69, 9.17) is 0 Å². The van der Waals surface area contributed by atoms with Crippen molar-refractivity contribution >= 4 is 29.3 Å². The second-order valence-corrected chi connectivity index (χ2v) is 2.56. The van der Waals surface area contributed by atoms with E-state index in [2.05, 4.69) is 24.2 Å². The first kappa shape index (κ1) is 9.17. The molecular weight excluding hydrogens is 170 g/mol. The first-order valence-electron chi connectivity index (χ1n) is 2.20. The molecule has 1 nitrogen and oxygen atoms in total. The fourth-order valence-electron chi connectivity index (χ4n) is 0.249. The normalized spacial score (nSPS) is 11.6. The highest BCUT2D eigenvalue weighted by Gasteiger charge is 2.24. The fraction of sp³-hybridized carbons (Fsp3) is 0.750. The Bertz CT molecular complexity index is 112. The van der Waals surface area contributed by atoms with Crippen LogP contribution in [0.2, 0.25) is 0 Å². The lowest BCUT2D eigenvalue weighted by Crippen LogP contribution is -2.06. The van der Waals surface area contributed by atoms with Gasteiger partial charge in [0, 0.05) is 12.8 Å². The summed E-state index contributed by atoms with van der Waals surface area (Å²) >= 11 is 7.74. The molecule has 0 atom stereocenters. The van der Waals surface area contributed by atoms with Crippen LogP contribution in [-0.4, -0.2) is 10.5 Å². The van der Waals surface area contributed by atoms with Crippen LogP contribution < -0.4 is 0 Å². The molecular formula is C4H5ClF2OS. The van der Waals surface area contributed by atoms with Crippen LogP contribution in [0.15, 0.2) is 0 Å². The van der Waals surface area contributed by atoms with Crippen molar-refractivity contribution in [2.24, 2.45) is 0 Å². The van der Waals surface area contributed by atoms with Gasteiger partial charge >= 0.3 is 5.38 Å². The smallest absolute Gasteiger partial charge is 0.288 e. The molecule has 0 saturated heterocycles. The standard InChI is InChI=1S/C4H5ClF2OS/c5-4(6,7)2-1-3(8)9/h1-2H2,(H,8,9). The molecule has 0 aliphatic rings. The summed E-state index contributed by atoms with van der Waals surface area (Å²) in [7, 11) is 0. The highest BCUT2D eigenvalue weighted by Crippen LogP contribution is 2.24. The first-order valence-corrected chi connectivity index (χ1v) is 3.03. The molecule has 0 aromatic rings. The van der Waals surface area contributed by atoms with Gasteiger partial charge in [-0.15, -0.1) is 12.6 Å². The van der Waals surface area contributed by atoms with Crippen LogP contribution in [0.25, 0.3) is 0 Å². The van der Waals surface area contributed by atoms with Crippen molar-refractivity contribution in [3.8, 4) is 0 Å². The lowest BCUT2D eigenvalue weighted by molar-refractivity contribution is -0.111. The molecule has 0 aromatic heterocycles. The molecule has 0 N–H and O–H groups in total. The van der Waals surface area contributed by atoms with Crippen molar-refractivity contribution in [2.75, 3.05) is 0 Å². The zero-order chi connectivity index (χ0) is 7.49. The lowest BCUT2D eigenvalue weighted by Gasteiger charge is -2.03. The van der Waals surface area contributed by atoms with Crippen molar-refractivity contribution in [3.05, 3.63) is 0 Å². The maximum absolute atomic E-state index is 11.7. The van der Waals surface area contributed by atoms with Gasteiger partial charge in [0.05, 0.1) is 0 Å². The van der Waals surface area contributed by atoms with Crippen LogP contribution >= 0.6 is 24.2 Å². The van der Waals surface area contributed by atoms with Crippen LogP contribution in [0, 0.1) is 0 Å². The first-order chi connectivity index (χ1) is 3.92. The number of hydrogen-bond donors (Lipinski definition) is 1. The minimum atomic E-state index is -3.27. The third-order valence-corrected chi connectivity index (χ3v) is 1.03. The molecule has 0 aromatic carbocycles. The Morgan fingerprint density at radius 3 is 2.22 bits per heavy atom. The molecule has 0 aliphatic heterocycles. The van der Waals surface area contributed by atoms with E-state index in [0.717, 1.165) is 0 Å². The van der Waals surface area contributed by atoms with E-state index < -0.39 is 16.9 Å². The molecule has 0 aliphatic carbocycles. The Morgan fingerprint density at radius 2 is 2.11 bits per heavy atom. The summed E-state index contributed by atoms with van der Waals surface area (Å²) in [5.41, 5.74) is 0. The Kier molecular flexibility index (Phi) is 3.43. The predicted octanol–water partition coefficient (Wildman–Crippen LogP) is 2.05. The number of carbonyl (C=O) groups is 1. The minimum Gasteiger partial charge on any atom is -0.288 e. The van der Waals surface area contributed by atoms with Crippen molar-refractivity contribution in [1.82, 2.24) is 0 Å². The zero-order valence-corrected chi connectivity index (χ0v) is 6.05. The van der Waals surface area contributed by atoms with Gasteiger partial charge in [0.15, 0.2) is 5.12 Å². The summed E-state index contributed by atoms with van der Waals surface area (Å²) in [6.45, 7) is 0. The van der Waals surface area contributed by atoms with Gasteiger partial charge in [0.1, 0.15) is 0 Å². The second-order valence-electron chi connectivity index (χ2n) is 1.51. The largest absolute Gasteiger partial charge is 0.322 e. The second kappa shape index (κ2) is 3.37. The van der Waals surface area contributed by atoms with E-state index in [0.29, 0.717) is 0 Å². The van der Waals surface area contributed by atoms with Crippen LogP contribution in [0.5, 0.6) is 0 Å². The lowest BCUT2D eigenvalue weighted by atomic mass is 10.3. The zero-order valence-electron chi connectivity index (χ0n) is 4.40. The van der Waals surface area contributed by atoms with E-state index in [1.165, 1.54) is 0 Å². The van der Waals surface area contributed by atoms with Crippen molar-refractivity contribution in [1.29, 1.82) is 0 Å². The van der Waals surface area contributed by atoms with Crippen molar-refractivity contribution < 1.29 is 13.6 Å². The van der Waals surface area contributed by atoms with Crippen LogP contribution in [0.4, 0.5) is 8.78 Å². The third-order valence-electron chi connectivity index (χ3n) is 0.622. The Labute approximate surface area is 61.8 Å². The van der Waals surface area contributed by atoms with E-state index in [1.54, 1.807) is 0 Å². The minimum absolute atomic E-state index is 0.292. The number of carbonyl (C=O) groups excluding carboxylic acids is 1. The number of rotatable bonds is 3. The van der Waals surface area contributed by atoms with Gasteiger partial charge in [-0.3, -0.25) is 4.79 Å². The Morgan fingerprint density at radius 1 is 1.67 bits per heavy atom. The van der Waals surface area contributed by atoms with Crippen LogP contribution in [-0.2, 0) is 4.79 Å². The Hall–Kier alpha value is 0.170. The van der Waals surface area contributed by atoms with Crippen LogP contribution in [0.3, 0.4) is 0 Å². The highest BCUT2D eigenvalue weighted by atomic mass is 35.5. The van der Waals surface area contributed by atoms with E-state index in [1.807, 2.05) is 0 Å². The Balaban J connectivity index is 3.39. The monoisotopic (exact) mass is 174 g/mol. The van der Waals surface area contributed by atoms with E-state index in [9.17, 15) is 13.6 Å². The topological polar surface area (TPSA) is 17.1 Å². The number of thiol groups is 1. The molecule has 0 unspecified atom stereocenters. The number of hydrogen-bond acceptors (Lipinski definition) is 1. The maximum atomic E-state index is 11.7. The molecule has 5 heteroatoms. The summed E-state index contributed by atoms with van der Waals surface area (Å²) in [5.74, 6) is 0. The van der Waals surface area contributed by atoms with Crippen molar-refractivity contribution in [3.63, 3.8) is 0 Å². The van der Waals surface area contributed by atoms with Crippen LogP contribution in [0.1, 0.15) is 12.8 Å². The summed E-state index contributed by atoms with van der Waals surface area (Å²) < 4.78 is 23.3. The number of halogens is 3. The molecule has 0 fully saturated rings. The average Bonchev–Trinajstić information content (AvgIpc) is 1.59. The number of alkyl halides is 3. The quantitative estimate of drug-likeness (QED) is 0.512. The average molecular weight is 175 g/mol. The summed E-state index contributed by atoms with van der Waals surface area (Å²) in [5, 5.41) is -3.84. The highest BCUT2D eigenvalue weighted by molar-refractivity contribution is 7.96. The van der Waals surface area contributed by atoms with E-state index >= 15 is 0 Å².